The Hall–Kier alpha value is -1.68. The third-order valence-corrected chi connectivity index (χ3v) is 6.68. The summed E-state index contributed by atoms with van der Waals surface area (Å²) in [4.78, 5) is 18.1. The maximum Gasteiger partial charge on any atom is 0.262 e. The molecule has 0 bridgehead atoms. The van der Waals surface area contributed by atoms with Crippen molar-refractivity contribution in [3.8, 4) is 0 Å². The number of sulfonamides is 1. The van der Waals surface area contributed by atoms with Gasteiger partial charge in [0.2, 0.25) is 10.0 Å². The van der Waals surface area contributed by atoms with E-state index < -0.39 is 10.0 Å². The van der Waals surface area contributed by atoms with Crippen LogP contribution in [0, 0.1) is 0 Å². The van der Waals surface area contributed by atoms with E-state index in [0.29, 0.717) is 34.8 Å². The Labute approximate surface area is 182 Å². The van der Waals surface area contributed by atoms with Crippen LogP contribution >= 0.6 is 27.7 Å². The van der Waals surface area contributed by atoms with Crippen LogP contribution in [-0.4, -0.2) is 36.5 Å². The number of rotatable bonds is 8. The number of nitrogens with one attached hydrogen (secondary N) is 1. The van der Waals surface area contributed by atoms with Crippen molar-refractivity contribution in [3.05, 3.63) is 68.9 Å². The zero-order valence-electron chi connectivity index (χ0n) is 16.1. The van der Waals surface area contributed by atoms with E-state index in [1.807, 2.05) is 49.4 Å². The smallest absolute Gasteiger partial charge is 0.262 e. The molecule has 0 spiro atoms. The van der Waals surface area contributed by atoms with E-state index in [0.717, 1.165) is 16.3 Å². The van der Waals surface area contributed by atoms with Crippen molar-refractivity contribution in [2.24, 2.45) is 0 Å². The lowest BCUT2D eigenvalue weighted by molar-refractivity contribution is 0.548. The number of aromatic nitrogens is 2. The number of thioether (sulfide) groups is 1. The van der Waals surface area contributed by atoms with E-state index in [1.54, 1.807) is 10.6 Å². The van der Waals surface area contributed by atoms with Crippen LogP contribution in [0.25, 0.3) is 10.9 Å². The van der Waals surface area contributed by atoms with E-state index >= 15 is 0 Å². The summed E-state index contributed by atoms with van der Waals surface area (Å²) in [5, 5.41) is 1.19. The molecular formula is C20H22BrN3O3S2. The monoisotopic (exact) mass is 495 g/mol. The van der Waals surface area contributed by atoms with Crippen LogP contribution in [0.15, 0.2) is 63.0 Å². The van der Waals surface area contributed by atoms with E-state index in [4.69, 9.17) is 4.98 Å². The first-order valence-electron chi connectivity index (χ1n) is 9.10. The third kappa shape index (κ3) is 5.69. The molecule has 1 heterocycles. The summed E-state index contributed by atoms with van der Waals surface area (Å²) >= 11 is 4.89. The first kappa shape index (κ1) is 22.0. The number of nitrogens with zero attached hydrogens (tertiary/aromatic N) is 2. The highest BCUT2D eigenvalue weighted by molar-refractivity contribution is 9.10. The predicted molar refractivity (Wildman–Crippen MR) is 122 cm³/mol. The highest BCUT2D eigenvalue weighted by Gasteiger charge is 2.18. The molecule has 3 aromatic rings. The summed E-state index contributed by atoms with van der Waals surface area (Å²) in [6.07, 6.45) is 1.77. The van der Waals surface area contributed by atoms with E-state index in [9.17, 15) is 13.2 Å². The molecule has 0 aliphatic rings. The Morgan fingerprint density at radius 3 is 2.62 bits per heavy atom. The van der Waals surface area contributed by atoms with Gasteiger partial charge in [0, 0.05) is 16.8 Å². The lowest BCUT2D eigenvalue weighted by atomic mass is 10.1. The van der Waals surface area contributed by atoms with Gasteiger partial charge in [0.25, 0.3) is 5.56 Å². The average Bonchev–Trinajstić information content (AvgIpc) is 2.68. The van der Waals surface area contributed by atoms with Crippen molar-refractivity contribution >= 4 is 48.6 Å². The Morgan fingerprint density at radius 1 is 1.21 bits per heavy atom. The van der Waals surface area contributed by atoms with Gasteiger partial charge in [-0.1, -0.05) is 58.0 Å². The molecule has 1 aromatic heterocycles. The maximum atomic E-state index is 13.3. The van der Waals surface area contributed by atoms with E-state index in [-0.39, 0.29) is 11.6 Å². The first-order chi connectivity index (χ1) is 13.8. The summed E-state index contributed by atoms with van der Waals surface area (Å²) in [5.74, 6) is 0.637. The fourth-order valence-corrected chi connectivity index (χ4v) is 4.86. The first-order valence-corrected chi connectivity index (χ1v) is 12.8. The van der Waals surface area contributed by atoms with Crippen molar-refractivity contribution in [1.29, 1.82) is 0 Å². The molecule has 0 amide bonds. The van der Waals surface area contributed by atoms with Gasteiger partial charge in [-0.3, -0.25) is 9.36 Å². The molecule has 9 heteroatoms. The van der Waals surface area contributed by atoms with Crippen LogP contribution in [0.1, 0.15) is 24.9 Å². The molecular weight excluding hydrogens is 474 g/mol. The van der Waals surface area contributed by atoms with Crippen LogP contribution in [0.2, 0.25) is 0 Å². The van der Waals surface area contributed by atoms with Gasteiger partial charge in [0.05, 0.1) is 23.2 Å². The Bertz CT molecular complexity index is 1160. The highest BCUT2D eigenvalue weighted by Crippen LogP contribution is 2.26. The van der Waals surface area contributed by atoms with Gasteiger partial charge < -0.3 is 0 Å². The molecule has 1 unspecified atom stereocenters. The van der Waals surface area contributed by atoms with Gasteiger partial charge >= 0.3 is 0 Å². The second-order valence-corrected chi connectivity index (χ2v) is 10.5. The zero-order chi connectivity index (χ0) is 21.0. The zero-order valence-corrected chi connectivity index (χ0v) is 19.4. The fraction of sp³-hybridized carbons (Fsp3) is 0.300. The van der Waals surface area contributed by atoms with Crippen LogP contribution in [0.3, 0.4) is 0 Å². The lowest BCUT2D eigenvalue weighted by Gasteiger charge is -2.20. The minimum atomic E-state index is -3.20. The second-order valence-electron chi connectivity index (χ2n) is 6.69. The normalized spacial score (nSPS) is 12.9. The summed E-state index contributed by atoms with van der Waals surface area (Å²) < 4.78 is 27.4. The van der Waals surface area contributed by atoms with Crippen LogP contribution < -0.4 is 10.3 Å². The fourth-order valence-electron chi connectivity index (χ4n) is 2.97. The van der Waals surface area contributed by atoms with Crippen LogP contribution in [-0.2, 0) is 10.0 Å². The van der Waals surface area contributed by atoms with Crippen LogP contribution in [0.4, 0.5) is 0 Å². The molecule has 1 N–H and O–H groups in total. The molecule has 2 aromatic carbocycles. The second kappa shape index (κ2) is 9.42. The van der Waals surface area contributed by atoms with E-state index in [2.05, 4.69) is 20.7 Å². The molecule has 3 rings (SSSR count). The maximum absolute atomic E-state index is 13.3. The number of hydrogen-bond acceptors (Lipinski definition) is 5. The molecule has 0 radical (unpaired) electrons. The highest BCUT2D eigenvalue weighted by atomic mass is 79.9. The van der Waals surface area contributed by atoms with Crippen molar-refractivity contribution in [2.75, 3.05) is 18.6 Å². The lowest BCUT2D eigenvalue weighted by Crippen LogP contribution is -2.27. The minimum Gasteiger partial charge on any atom is -0.280 e. The largest absolute Gasteiger partial charge is 0.280 e. The number of halogens is 1. The topological polar surface area (TPSA) is 81.1 Å². The average molecular weight is 496 g/mol. The Morgan fingerprint density at radius 2 is 1.93 bits per heavy atom. The van der Waals surface area contributed by atoms with Gasteiger partial charge in [0.15, 0.2) is 5.16 Å². The minimum absolute atomic E-state index is 0.0931. The summed E-state index contributed by atoms with van der Waals surface area (Å²) in [6, 6.07) is 15.1. The van der Waals surface area contributed by atoms with Gasteiger partial charge in [0.1, 0.15) is 0 Å². The molecule has 0 aliphatic heterocycles. The Kier molecular flexibility index (Phi) is 7.15. The van der Waals surface area contributed by atoms with E-state index in [1.165, 1.54) is 11.8 Å². The van der Waals surface area contributed by atoms with Gasteiger partial charge in [-0.15, -0.1) is 0 Å². The van der Waals surface area contributed by atoms with Gasteiger partial charge in [-0.25, -0.2) is 18.1 Å². The molecule has 0 aliphatic carbocycles. The predicted octanol–water partition coefficient (Wildman–Crippen LogP) is 3.80. The molecule has 0 saturated carbocycles. The Balaban J connectivity index is 1.96. The number of hydrogen-bond donors (Lipinski definition) is 1. The standard InChI is InChI=1S/C20H22BrN3O3S2/c1-14(15-7-4-3-5-8-15)24-19(25)17-13-16(21)9-10-18(17)23-20(24)28-12-6-11-22-29(2,26)27/h3-5,7-10,13-14,22H,6,11-12H2,1-2H3. The van der Waals surface area contributed by atoms with Crippen molar-refractivity contribution in [3.63, 3.8) is 0 Å². The van der Waals surface area contributed by atoms with Gasteiger partial charge in [-0.2, -0.15) is 0 Å². The molecule has 0 fully saturated rings. The number of fused-ring (bicyclic) bond motifs is 1. The molecule has 0 saturated heterocycles. The SMILES string of the molecule is CC(c1ccccc1)n1c(SCCCNS(C)(=O)=O)nc2ccc(Br)cc2c1=O. The summed E-state index contributed by atoms with van der Waals surface area (Å²) in [5.41, 5.74) is 1.57. The molecule has 6 nitrogen and oxygen atoms in total. The number of benzene rings is 2. The molecule has 1 atom stereocenters. The van der Waals surface area contributed by atoms with Gasteiger partial charge in [-0.05, 0) is 37.1 Å². The van der Waals surface area contributed by atoms with Crippen molar-refractivity contribution in [2.45, 2.75) is 24.5 Å². The summed E-state index contributed by atoms with van der Waals surface area (Å²) in [7, 11) is -3.20. The van der Waals surface area contributed by atoms with Crippen LogP contribution in [0.5, 0.6) is 0 Å². The van der Waals surface area contributed by atoms with Crippen molar-refractivity contribution < 1.29 is 8.42 Å². The third-order valence-electron chi connectivity index (χ3n) is 4.42. The van der Waals surface area contributed by atoms with Crippen molar-refractivity contribution in [1.82, 2.24) is 14.3 Å². The quantitative estimate of drug-likeness (QED) is 0.292. The molecule has 29 heavy (non-hydrogen) atoms. The summed E-state index contributed by atoms with van der Waals surface area (Å²) in [6.45, 7) is 2.34. The molecule has 154 valence electrons.